The Morgan fingerprint density at radius 2 is 1.90 bits per heavy atom. The van der Waals surface area contributed by atoms with Crippen LogP contribution in [0, 0.1) is 5.92 Å². The zero-order chi connectivity index (χ0) is 20.9. The van der Waals surface area contributed by atoms with E-state index in [0.717, 1.165) is 5.56 Å². The fourth-order valence-corrected chi connectivity index (χ4v) is 4.55. The van der Waals surface area contributed by atoms with Crippen molar-refractivity contribution >= 4 is 17.0 Å². The summed E-state index contributed by atoms with van der Waals surface area (Å²) in [5.74, 6) is -0.716. The zero-order valence-electron chi connectivity index (χ0n) is 16.9. The number of nitrogens with two attached hydrogens (primary N) is 1. The van der Waals surface area contributed by atoms with E-state index in [9.17, 15) is 5.11 Å². The third-order valence-corrected chi connectivity index (χ3v) is 5.84. The third kappa shape index (κ3) is 3.24. The molecule has 1 aliphatic heterocycles. The molecule has 0 bridgehead atoms. The number of hydrogen-bond acceptors (Lipinski definition) is 8. The quantitative estimate of drug-likeness (QED) is 0.651. The first-order valence-corrected chi connectivity index (χ1v) is 10.0. The molecule has 1 saturated carbocycles. The van der Waals surface area contributed by atoms with Crippen LogP contribution in [0.5, 0.6) is 0 Å². The summed E-state index contributed by atoms with van der Waals surface area (Å²) in [6.45, 7) is 4.57. The molecule has 9 heteroatoms. The molecule has 30 heavy (non-hydrogen) atoms. The molecular weight excluding hydrogens is 386 g/mol. The van der Waals surface area contributed by atoms with Crippen molar-refractivity contribution in [3.05, 3.63) is 48.5 Å². The van der Waals surface area contributed by atoms with Gasteiger partial charge in [-0.15, -0.1) is 0 Å². The highest BCUT2D eigenvalue weighted by Crippen LogP contribution is 2.47. The Morgan fingerprint density at radius 3 is 2.70 bits per heavy atom. The monoisotopic (exact) mass is 411 g/mol. The van der Waals surface area contributed by atoms with E-state index in [0.29, 0.717) is 30.2 Å². The molecule has 2 fully saturated rings. The van der Waals surface area contributed by atoms with Crippen LogP contribution in [0.4, 0.5) is 5.82 Å². The number of ether oxygens (including phenoxy) is 3. The molecule has 1 aromatic carbocycles. The van der Waals surface area contributed by atoms with Gasteiger partial charge in [0.15, 0.2) is 17.3 Å². The van der Waals surface area contributed by atoms with E-state index in [2.05, 4.69) is 15.0 Å². The Balaban J connectivity index is 1.42. The van der Waals surface area contributed by atoms with Crippen molar-refractivity contribution in [2.75, 3.05) is 12.3 Å². The van der Waals surface area contributed by atoms with E-state index in [1.54, 1.807) is 6.33 Å². The SMILES string of the molecule is CC1(C)O[C@@H]2[C@@H](COCc3ccccc3)[C@H](O)[C@@H](n3cnc4c(N)ncnc43)[C@@H]2O1. The highest BCUT2D eigenvalue weighted by atomic mass is 16.8. The number of nitrogen functional groups attached to an aromatic ring is 1. The number of imidazole rings is 1. The summed E-state index contributed by atoms with van der Waals surface area (Å²) >= 11 is 0. The number of aliphatic hydroxyl groups is 1. The van der Waals surface area contributed by atoms with Crippen LogP contribution in [0.1, 0.15) is 25.5 Å². The molecule has 0 unspecified atom stereocenters. The summed E-state index contributed by atoms with van der Waals surface area (Å²) in [4.78, 5) is 12.7. The van der Waals surface area contributed by atoms with Crippen molar-refractivity contribution in [1.82, 2.24) is 19.5 Å². The number of fused-ring (bicyclic) bond motifs is 2. The van der Waals surface area contributed by atoms with Crippen LogP contribution in [0.3, 0.4) is 0 Å². The van der Waals surface area contributed by atoms with Crippen molar-refractivity contribution in [1.29, 1.82) is 0 Å². The Bertz CT molecular complexity index is 1040. The van der Waals surface area contributed by atoms with Crippen LogP contribution < -0.4 is 5.73 Å². The third-order valence-electron chi connectivity index (χ3n) is 5.84. The second kappa shape index (κ2) is 7.28. The van der Waals surface area contributed by atoms with Crippen molar-refractivity contribution in [3.8, 4) is 0 Å². The van der Waals surface area contributed by atoms with E-state index < -0.39 is 17.9 Å². The summed E-state index contributed by atoms with van der Waals surface area (Å²) in [5.41, 5.74) is 8.08. The standard InChI is InChI=1S/C21H25N5O4/c1-21(2)29-17-13(9-28-8-12-6-4-3-5-7-12)16(27)15(18(17)30-21)26-11-25-14-19(22)23-10-24-20(14)26/h3-7,10-11,13,15-18,27H,8-9H2,1-2H3,(H2,22,23,24)/t13-,15+,16-,17+,18-/m0/s1. The molecule has 3 heterocycles. The predicted molar refractivity (Wildman–Crippen MR) is 108 cm³/mol. The minimum Gasteiger partial charge on any atom is -0.390 e. The molecule has 158 valence electrons. The highest BCUT2D eigenvalue weighted by Gasteiger charge is 2.59. The molecule has 0 radical (unpaired) electrons. The van der Waals surface area contributed by atoms with Crippen LogP contribution in [-0.4, -0.2) is 55.3 Å². The zero-order valence-corrected chi connectivity index (χ0v) is 16.9. The molecule has 0 amide bonds. The lowest BCUT2D eigenvalue weighted by Gasteiger charge is -2.28. The van der Waals surface area contributed by atoms with Gasteiger partial charge >= 0.3 is 0 Å². The topological polar surface area (TPSA) is 118 Å². The van der Waals surface area contributed by atoms with E-state index in [4.69, 9.17) is 19.9 Å². The molecule has 2 aliphatic rings. The lowest BCUT2D eigenvalue weighted by molar-refractivity contribution is -0.174. The van der Waals surface area contributed by atoms with Crippen LogP contribution in [-0.2, 0) is 20.8 Å². The number of anilines is 1. The number of aliphatic hydroxyl groups excluding tert-OH is 1. The predicted octanol–water partition coefficient (Wildman–Crippen LogP) is 1.68. The fourth-order valence-electron chi connectivity index (χ4n) is 4.55. The maximum atomic E-state index is 11.3. The van der Waals surface area contributed by atoms with Crippen LogP contribution in [0.25, 0.3) is 11.2 Å². The molecule has 1 aliphatic carbocycles. The Morgan fingerprint density at radius 1 is 1.13 bits per heavy atom. The van der Waals surface area contributed by atoms with Gasteiger partial charge in [0.1, 0.15) is 17.9 Å². The number of benzene rings is 1. The number of rotatable bonds is 5. The summed E-state index contributed by atoms with van der Waals surface area (Å²) in [5, 5.41) is 11.3. The van der Waals surface area contributed by atoms with Gasteiger partial charge in [-0.2, -0.15) is 0 Å². The van der Waals surface area contributed by atoms with Crippen LogP contribution >= 0.6 is 0 Å². The van der Waals surface area contributed by atoms with Gasteiger partial charge in [-0.05, 0) is 19.4 Å². The van der Waals surface area contributed by atoms with Gasteiger partial charge in [0.25, 0.3) is 0 Å². The average molecular weight is 411 g/mol. The molecule has 5 atom stereocenters. The first-order valence-electron chi connectivity index (χ1n) is 10.0. The van der Waals surface area contributed by atoms with E-state index in [1.165, 1.54) is 6.33 Å². The first-order chi connectivity index (χ1) is 14.4. The average Bonchev–Trinajstić information content (AvgIpc) is 3.34. The maximum Gasteiger partial charge on any atom is 0.165 e. The minimum atomic E-state index is -0.763. The fraction of sp³-hybridized carbons (Fsp3) is 0.476. The first kappa shape index (κ1) is 19.4. The van der Waals surface area contributed by atoms with Crippen molar-refractivity contribution in [2.24, 2.45) is 5.92 Å². The second-order valence-electron chi connectivity index (χ2n) is 8.29. The van der Waals surface area contributed by atoms with Gasteiger partial charge in [-0.3, -0.25) is 0 Å². The molecule has 2 aromatic heterocycles. The number of aromatic nitrogens is 4. The van der Waals surface area contributed by atoms with Crippen LogP contribution in [0.2, 0.25) is 0 Å². The minimum absolute atomic E-state index is 0.262. The second-order valence-corrected chi connectivity index (χ2v) is 8.29. The van der Waals surface area contributed by atoms with Gasteiger partial charge in [0, 0.05) is 5.92 Å². The van der Waals surface area contributed by atoms with Crippen molar-refractivity contribution in [2.45, 2.75) is 50.6 Å². The largest absolute Gasteiger partial charge is 0.390 e. The summed E-state index contributed by atoms with van der Waals surface area (Å²) in [6, 6.07) is 9.51. The van der Waals surface area contributed by atoms with Gasteiger partial charge in [-0.1, -0.05) is 30.3 Å². The van der Waals surface area contributed by atoms with Crippen molar-refractivity contribution in [3.63, 3.8) is 0 Å². The van der Waals surface area contributed by atoms with E-state index in [-0.39, 0.29) is 18.1 Å². The molecule has 3 N–H and O–H groups in total. The molecule has 1 saturated heterocycles. The lowest BCUT2D eigenvalue weighted by atomic mass is 10.0. The Labute approximate surface area is 173 Å². The van der Waals surface area contributed by atoms with Gasteiger partial charge in [-0.25, -0.2) is 15.0 Å². The Hall–Kier alpha value is -2.59. The van der Waals surface area contributed by atoms with Crippen molar-refractivity contribution < 1.29 is 19.3 Å². The van der Waals surface area contributed by atoms with E-state index in [1.807, 2.05) is 48.7 Å². The number of nitrogens with zero attached hydrogens (tertiary/aromatic N) is 4. The normalized spacial score (nSPS) is 30.0. The summed E-state index contributed by atoms with van der Waals surface area (Å²) in [6.07, 6.45) is 1.58. The number of hydrogen-bond donors (Lipinski definition) is 2. The molecule has 0 spiro atoms. The van der Waals surface area contributed by atoms with Gasteiger partial charge in [0.2, 0.25) is 0 Å². The summed E-state index contributed by atoms with van der Waals surface area (Å²) in [7, 11) is 0. The maximum absolute atomic E-state index is 11.3. The molecule has 3 aromatic rings. The van der Waals surface area contributed by atoms with E-state index >= 15 is 0 Å². The molecule has 5 rings (SSSR count). The highest BCUT2D eigenvalue weighted by molar-refractivity contribution is 5.81. The van der Waals surface area contributed by atoms with Crippen LogP contribution in [0.15, 0.2) is 43.0 Å². The lowest BCUT2D eigenvalue weighted by Crippen LogP contribution is -2.35. The Kier molecular flexibility index (Phi) is 4.70. The smallest absolute Gasteiger partial charge is 0.165 e. The van der Waals surface area contributed by atoms with Gasteiger partial charge in [0.05, 0.1) is 37.8 Å². The molecular formula is C21H25N5O4. The van der Waals surface area contributed by atoms with Gasteiger partial charge < -0.3 is 29.6 Å². The molecule has 9 nitrogen and oxygen atoms in total. The summed E-state index contributed by atoms with van der Waals surface area (Å²) < 4.78 is 20.1.